The molecule has 2 aliphatic heterocycles. The van der Waals surface area contributed by atoms with E-state index >= 15 is 0 Å². The number of fused-ring (bicyclic) bond motifs is 1. The molecule has 1 N–H and O–H groups in total. The maximum atomic E-state index is 13.4. The number of hydrogen-bond acceptors (Lipinski definition) is 5. The number of nitrogens with zero attached hydrogens (tertiary/aromatic N) is 5. The molecule has 150 valence electrons. The fraction of sp³-hybridized carbons (Fsp3) is 0.550. The lowest BCUT2D eigenvalue weighted by molar-refractivity contribution is -0.132. The van der Waals surface area contributed by atoms with Crippen LogP contribution in [0.4, 0.5) is 4.39 Å². The van der Waals surface area contributed by atoms with E-state index in [0.717, 1.165) is 11.6 Å². The summed E-state index contributed by atoms with van der Waals surface area (Å²) in [5.74, 6) is 1.26. The van der Waals surface area contributed by atoms with Crippen LogP contribution in [-0.2, 0) is 24.3 Å². The fourth-order valence-electron chi connectivity index (χ4n) is 4.24. The molecule has 0 saturated carbocycles. The minimum Gasteiger partial charge on any atom is -0.392 e. The molecule has 7 nitrogen and oxygen atoms in total. The SMILES string of the molecule is CC(C)N1C[C@H](O)C[C@H]1c1nnc2n1CCN(C(=O)Cc1cccc(F)c1)C2. The summed E-state index contributed by atoms with van der Waals surface area (Å²) in [4.78, 5) is 16.6. The first kappa shape index (κ1) is 19.0. The maximum Gasteiger partial charge on any atom is 0.227 e. The van der Waals surface area contributed by atoms with Gasteiger partial charge in [0.05, 0.1) is 25.1 Å². The van der Waals surface area contributed by atoms with Gasteiger partial charge in [0.2, 0.25) is 5.91 Å². The Bertz CT molecular complexity index is 868. The standard InChI is InChI=1S/C20H26FN5O2/c1-13(2)26-11-16(27)10-17(26)20-23-22-18-12-24(6-7-25(18)20)19(28)9-14-4-3-5-15(21)8-14/h3-5,8,13,16-17,27H,6-7,9-12H2,1-2H3/t16-,17+/m1/s1. The van der Waals surface area contributed by atoms with Gasteiger partial charge in [0.1, 0.15) is 5.82 Å². The van der Waals surface area contributed by atoms with Gasteiger partial charge in [-0.15, -0.1) is 10.2 Å². The first-order chi connectivity index (χ1) is 13.4. The highest BCUT2D eigenvalue weighted by Gasteiger charge is 2.38. The molecule has 4 rings (SSSR count). The molecule has 2 atom stereocenters. The van der Waals surface area contributed by atoms with Crippen molar-refractivity contribution in [2.75, 3.05) is 13.1 Å². The highest BCUT2D eigenvalue weighted by atomic mass is 19.1. The van der Waals surface area contributed by atoms with Crippen molar-refractivity contribution in [1.29, 1.82) is 0 Å². The number of halogens is 1. The Kier molecular flexibility index (Phi) is 5.16. The largest absolute Gasteiger partial charge is 0.392 e. The molecule has 0 bridgehead atoms. The van der Waals surface area contributed by atoms with Crippen molar-refractivity contribution in [3.63, 3.8) is 0 Å². The van der Waals surface area contributed by atoms with Crippen LogP contribution in [0.25, 0.3) is 0 Å². The van der Waals surface area contributed by atoms with Crippen LogP contribution in [0.1, 0.15) is 43.5 Å². The van der Waals surface area contributed by atoms with Gasteiger partial charge in [-0.25, -0.2) is 4.39 Å². The number of amides is 1. The summed E-state index contributed by atoms with van der Waals surface area (Å²) in [6, 6.07) is 6.51. The van der Waals surface area contributed by atoms with Crippen LogP contribution in [0.15, 0.2) is 24.3 Å². The number of likely N-dealkylation sites (tertiary alicyclic amines) is 1. The van der Waals surface area contributed by atoms with Crippen molar-refractivity contribution in [3.8, 4) is 0 Å². The molecular formula is C20H26FN5O2. The predicted molar refractivity (Wildman–Crippen MR) is 101 cm³/mol. The average molecular weight is 387 g/mol. The monoisotopic (exact) mass is 387 g/mol. The lowest BCUT2D eigenvalue weighted by Gasteiger charge is -2.31. The molecule has 0 radical (unpaired) electrons. The third-order valence-corrected chi connectivity index (χ3v) is 5.66. The number of hydrogen-bond donors (Lipinski definition) is 1. The molecule has 1 amide bonds. The van der Waals surface area contributed by atoms with Gasteiger partial charge in [0, 0.05) is 25.7 Å². The van der Waals surface area contributed by atoms with E-state index in [1.165, 1.54) is 12.1 Å². The van der Waals surface area contributed by atoms with Crippen molar-refractivity contribution < 1.29 is 14.3 Å². The number of rotatable bonds is 4. The van der Waals surface area contributed by atoms with Gasteiger partial charge in [0.25, 0.3) is 0 Å². The van der Waals surface area contributed by atoms with Gasteiger partial charge in [0.15, 0.2) is 11.6 Å². The summed E-state index contributed by atoms with van der Waals surface area (Å²) >= 11 is 0. The first-order valence-electron chi connectivity index (χ1n) is 9.80. The topological polar surface area (TPSA) is 74.5 Å². The lowest BCUT2D eigenvalue weighted by atomic mass is 10.1. The van der Waals surface area contributed by atoms with E-state index in [-0.39, 0.29) is 30.3 Å². The number of benzene rings is 1. The molecule has 1 fully saturated rings. The Labute approximate surface area is 163 Å². The normalized spacial score (nSPS) is 22.7. The van der Waals surface area contributed by atoms with E-state index in [9.17, 15) is 14.3 Å². The number of carbonyl (C=O) groups excluding carboxylic acids is 1. The van der Waals surface area contributed by atoms with Gasteiger partial charge < -0.3 is 14.6 Å². The number of aliphatic hydroxyl groups excluding tert-OH is 1. The van der Waals surface area contributed by atoms with Gasteiger partial charge in [-0.05, 0) is 38.0 Å². The molecule has 0 unspecified atom stereocenters. The molecule has 3 heterocycles. The average Bonchev–Trinajstić information content (AvgIpc) is 3.24. The van der Waals surface area contributed by atoms with Crippen LogP contribution < -0.4 is 0 Å². The molecule has 1 aromatic heterocycles. The highest BCUT2D eigenvalue weighted by Crippen LogP contribution is 2.33. The van der Waals surface area contributed by atoms with Crippen LogP contribution in [0.5, 0.6) is 0 Å². The number of β-amino-alcohol motifs (C(OH)–C–C–N with tert-alkyl or cyclic N) is 1. The Morgan fingerprint density at radius 2 is 2.14 bits per heavy atom. The second-order valence-electron chi connectivity index (χ2n) is 7.94. The van der Waals surface area contributed by atoms with Crippen LogP contribution in [0.3, 0.4) is 0 Å². The van der Waals surface area contributed by atoms with E-state index < -0.39 is 0 Å². The van der Waals surface area contributed by atoms with E-state index in [4.69, 9.17) is 0 Å². The Morgan fingerprint density at radius 3 is 2.89 bits per heavy atom. The van der Waals surface area contributed by atoms with Gasteiger partial charge >= 0.3 is 0 Å². The Hall–Kier alpha value is -2.32. The molecule has 0 aliphatic carbocycles. The molecule has 2 aliphatic rings. The molecule has 8 heteroatoms. The summed E-state index contributed by atoms with van der Waals surface area (Å²) in [6.07, 6.45) is 0.473. The van der Waals surface area contributed by atoms with E-state index in [1.54, 1.807) is 17.0 Å². The van der Waals surface area contributed by atoms with Crippen molar-refractivity contribution >= 4 is 5.91 Å². The van der Waals surface area contributed by atoms with Crippen LogP contribution in [0.2, 0.25) is 0 Å². The zero-order valence-electron chi connectivity index (χ0n) is 16.3. The number of carbonyl (C=O) groups is 1. The predicted octanol–water partition coefficient (Wildman–Crippen LogP) is 1.52. The van der Waals surface area contributed by atoms with Crippen molar-refractivity contribution in [3.05, 3.63) is 47.3 Å². The molecule has 28 heavy (non-hydrogen) atoms. The first-order valence-corrected chi connectivity index (χ1v) is 9.80. The van der Waals surface area contributed by atoms with Crippen molar-refractivity contribution in [2.45, 2.75) is 58.0 Å². The highest BCUT2D eigenvalue weighted by molar-refractivity contribution is 5.78. The second kappa shape index (κ2) is 7.60. The zero-order valence-corrected chi connectivity index (χ0v) is 16.3. The molecular weight excluding hydrogens is 361 g/mol. The molecule has 1 saturated heterocycles. The smallest absolute Gasteiger partial charge is 0.227 e. The Morgan fingerprint density at radius 1 is 1.32 bits per heavy atom. The minimum absolute atomic E-state index is 0.0403. The van der Waals surface area contributed by atoms with Gasteiger partial charge in [-0.3, -0.25) is 9.69 Å². The third kappa shape index (κ3) is 3.66. The van der Waals surface area contributed by atoms with Crippen molar-refractivity contribution in [2.24, 2.45) is 0 Å². The molecule has 1 aromatic carbocycles. The minimum atomic E-state index is -0.353. The summed E-state index contributed by atoms with van der Waals surface area (Å²) in [5, 5.41) is 18.9. The zero-order chi connectivity index (χ0) is 19.8. The summed E-state index contributed by atoms with van der Waals surface area (Å²) in [7, 11) is 0. The number of aromatic nitrogens is 3. The fourth-order valence-corrected chi connectivity index (χ4v) is 4.24. The van der Waals surface area contributed by atoms with E-state index in [1.807, 2.05) is 0 Å². The summed E-state index contributed by atoms with van der Waals surface area (Å²) < 4.78 is 15.4. The molecule has 0 spiro atoms. The maximum absolute atomic E-state index is 13.4. The van der Waals surface area contributed by atoms with Crippen molar-refractivity contribution in [1.82, 2.24) is 24.6 Å². The summed E-state index contributed by atoms with van der Waals surface area (Å²) in [5.41, 5.74) is 0.672. The van der Waals surface area contributed by atoms with E-state index in [2.05, 4.69) is 33.5 Å². The van der Waals surface area contributed by atoms with Crippen LogP contribution in [0, 0.1) is 5.82 Å². The van der Waals surface area contributed by atoms with E-state index in [0.29, 0.717) is 44.2 Å². The molecule has 2 aromatic rings. The van der Waals surface area contributed by atoms with Crippen LogP contribution >= 0.6 is 0 Å². The summed E-state index contributed by atoms with van der Waals surface area (Å²) in [6.45, 7) is 6.48. The van der Waals surface area contributed by atoms with Crippen LogP contribution in [-0.4, -0.2) is 60.8 Å². The lowest BCUT2D eigenvalue weighted by Crippen LogP contribution is -2.40. The second-order valence-corrected chi connectivity index (χ2v) is 7.94. The number of aliphatic hydroxyl groups is 1. The Balaban J connectivity index is 1.48. The quantitative estimate of drug-likeness (QED) is 0.861. The van der Waals surface area contributed by atoms with Gasteiger partial charge in [-0.2, -0.15) is 0 Å². The van der Waals surface area contributed by atoms with Gasteiger partial charge in [-0.1, -0.05) is 12.1 Å². The third-order valence-electron chi connectivity index (χ3n) is 5.66.